The van der Waals surface area contributed by atoms with Crippen molar-refractivity contribution < 1.29 is 14.5 Å². The average molecular weight is 564 g/mol. The third kappa shape index (κ3) is 4.74. The molecule has 1 aromatic carbocycles. The van der Waals surface area contributed by atoms with Gasteiger partial charge in [-0.15, -0.1) is 0 Å². The highest BCUT2D eigenvalue weighted by Crippen LogP contribution is 2.67. The zero-order chi connectivity index (χ0) is 29.1. The smallest absolute Gasteiger partial charge is 0.287 e. The average Bonchev–Trinajstić information content (AvgIpc) is 3.57. The molecule has 2 aromatic rings. The SMILES string of the molecule is CC(CCC[C@@H](C)[C@H]1CC[C@H]2[C@@H]3CC=C4C[C@@H](O)CC[C@]4(C)[C@H]3CC[C@]12C)N(C)c1ccc([N+](C)=O)c2nonc12. The highest BCUT2D eigenvalue weighted by molar-refractivity contribution is 5.93. The van der Waals surface area contributed by atoms with Gasteiger partial charge in [0.2, 0.25) is 5.52 Å². The Morgan fingerprint density at radius 1 is 1.07 bits per heavy atom. The summed E-state index contributed by atoms with van der Waals surface area (Å²) in [6.07, 6.45) is 15.9. The number of rotatable bonds is 8. The zero-order valence-corrected chi connectivity index (χ0v) is 26.1. The van der Waals surface area contributed by atoms with E-state index in [0.717, 1.165) is 59.3 Å². The molecule has 3 saturated carbocycles. The summed E-state index contributed by atoms with van der Waals surface area (Å²) in [5, 5.41) is 18.5. The van der Waals surface area contributed by atoms with Crippen molar-refractivity contribution in [1.29, 1.82) is 0 Å². The van der Waals surface area contributed by atoms with Crippen LogP contribution >= 0.6 is 0 Å². The summed E-state index contributed by atoms with van der Waals surface area (Å²) >= 11 is 0. The maximum atomic E-state index is 11.9. The van der Waals surface area contributed by atoms with E-state index in [9.17, 15) is 10.0 Å². The molecule has 1 heterocycles. The van der Waals surface area contributed by atoms with E-state index in [4.69, 9.17) is 4.63 Å². The summed E-state index contributed by atoms with van der Waals surface area (Å²) < 4.78 is 5.82. The van der Waals surface area contributed by atoms with E-state index < -0.39 is 0 Å². The number of nitrogens with zero attached hydrogens (tertiary/aromatic N) is 4. The van der Waals surface area contributed by atoms with E-state index in [0.29, 0.717) is 33.6 Å². The number of aliphatic hydroxyl groups is 1. The van der Waals surface area contributed by atoms with Crippen LogP contribution in [0.2, 0.25) is 0 Å². The standard InChI is InChI=1S/C34H51N4O3/c1-21(8-7-9-22(2)37(5)29-14-15-30(38(6)40)32-31(29)35-41-36-32)26-12-13-27-25-11-10-23-20-24(39)16-18-33(23,3)28(25)17-19-34(26,27)4/h10,14-15,21-22,24-28,39H,7-9,11-13,16-20H2,1-6H3/q+1/t21-,22?,24+,25+,26-,27+,28+,33+,34-/m1/s1. The summed E-state index contributed by atoms with van der Waals surface area (Å²) in [5.41, 5.74) is 4.99. The second-order valence-electron chi connectivity index (χ2n) is 14.8. The van der Waals surface area contributed by atoms with E-state index in [1.165, 1.54) is 58.4 Å². The van der Waals surface area contributed by atoms with Gasteiger partial charge in [-0.2, -0.15) is 0 Å². The second-order valence-corrected chi connectivity index (χ2v) is 14.8. The second kappa shape index (κ2) is 10.8. The van der Waals surface area contributed by atoms with Crippen molar-refractivity contribution >= 4 is 22.4 Å². The number of fused-ring (bicyclic) bond motifs is 6. The molecule has 0 spiro atoms. The molecular formula is C34H51N4O3+. The predicted molar refractivity (Wildman–Crippen MR) is 163 cm³/mol. The third-order valence-corrected chi connectivity index (χ3v) is 12.9. The van der Waals surface area contributed by atoms with Crippen LogP contribution in [0.3, 0.4) is 0 Å². The molecule has 0 bridgehead atoms. The van der Waals surface area contributed by atoms with Crippen molar-refractivity contribution in [2.45, 2.75) is 110 Å². The fourth-order valence-corrected chi connectivity index (χ4v) is 10.4. The molecule has 1 unspecified atom stereocenters. The van der Waals surface area contributed by atoms with Gasteiger partial charge in [-0.1, -0.05) is 45.3 Å². The molecule has 0 aliphatic heterocycles. The van der Waals surface area contributed by atoms with Gasteiger partial charge in [0.1, 0.15) is 0 Å². The van der Waals surface area contributed by atoms with Crippen molar-refractivity contribution in [3.63, 3.8) is 0 Å². The summed E-state index contributed by atoms with van der Waals surface area (Å²) in [4.78, 5) is 14.2. The minimum atomic E-state index is -0.120. The first-order valence-corrected chi connectivity index (χ1v) is 16.3. The van der Waals surface area contributed by atoms with E-state index in [1.54, 1.807) is 5.57 Å². The van der Waals surface area contributed by atoms with Crippen LogP contribution in [-0.4, -0.2) is 46.4 Å². The van der Waals surface area contributed by atoms with Gasteiger partial charge in [-0.25, -0.2) is 4.63 Å². The number of nitroso groups, excluding NO2 is 1. The van der Waals surface area contributed by atoms with Crippen LogP contribution in [0.15, 0.2) is 28.4 Å². The van der Waals surface area contributed by atoms with Gasteiger partial charge in [0.15, 0.2) is 12.6 Å². The van der Waals surface area contributed by atoms with Crippen molar-refractivity contribution in [3.05, 3.63) is 28.7 Å². The third-order valence-electron chi connectivity index (χ3n) is 12.9. The lowest BCUT2D eigenvalue weighted by atomic mass is 9.47. The molecule has 3 fully saturated rings. The van der Waals surface area contributed by atoms with Gasteiger partial charge in [-0.05, 0) is 122 Å². The molecule has 4 aliphatic carbocycles. The maximum Gasteiger partial charge on any atom is 0.287 e. The van der Waals surface area contributed by atoms with Crippen LogP contribution in [0.5, 0.6) is 0 Å². The number of benzene rings is 1. The predicted octanol–water partition coefficient (Wildman–Crippen LogP) is 7.83. The minimum Gasteiger partial charge on any atom is -0.393 e. The first-order valence-electron chi connectivity index (χ1n) is 16.3. The maximum absolute atomic E-state index is 11.9. The zero-order valence-electron chi connectivity index (χ0n) is 26.1. The Hall–Kier alpha value is -2.28. The molecule has 0 amide bonds. The quantitative estimate of drug-likeness (QED) is 0.260. The molecule has 1 aromatic heterocycles. The molecule has 0 saturated heterocycles. The van der Waals surface area contributed by atoms with Crippen LogP contribution in [0.1, 0.15) is 98.3 Å². The van der Waals surface area contributed by atoms with Gasteiger partial charge >= 0.3 is 0 Å². The number of aromatic nitrogens is 2. The lowest BCUT2D eigenvalue weighted by Gasteiger charge is -2.58. The van der Waals surface area contributed by atoms with E-state index >= 15 is 0 Å². The van der Waals surface area contributed by atoms with Gasteiger partial charge in [0.05, 0.1) is 11.8 Å². The number of aliphatic hydroxyl groups excluding tert-OH is 1. The number of hydrogen-bond donors (Lipinski definition) is 1. The molecule has 9 atom stereocenters. The summed E-state index contributed by atoms with van der Waals surface area (Å²) in [6.45, 7) is 10.0. The lowest BCUT2D eigenvalue weighted by Crippen LogP contribution is -2.50. The molecule has 224 valence electrons. The molecule has 7 nitrogen and oxygen atoms in total. The first kappa shape index (κ1) is 28.8. The Bertz CT molecular complexity index is 1320. The van der Waals surface area contributed by atoms with Crippen molar-refractivity contribution in [2.24, 2.45) is 40.4 Å². The van der Waals surface area contributed by atoms with Crippen molar-refractivity contribution in [1.82, 2.24) is 10.3 Å². The van der Waals surface area contributed by atoms with Crippen LogP contribution in [0, 0.1) is 45.3 Å². The molecule has 6 rings (SSSR count). The van der Waals surface area contributed by atoms with E-state index in [2.05, 4.69) is 56.0 Å². The molecular weight excluding hydrogens is 512 g/mol. The van der Waals surface area contributed by atoms with Crippen LogP contribution in [-0.2, 0) is 0 Å². The lowest BCUT2D eigenvalue weighted by molar-refractivity contribution is -0.426. The van der Waals surface area contributed by atoms with Gasteiger partial charge < -0.3 is 10.0 Å². The number of allylic oxidation sites excluding steroid dienone is 1. The molecule has 41 heavy (non-hydrogen) atoms. The fraction of sp³-hybridized carbons (Fsp3) is 0.765. The van der Waals surface area contributed by atoms with Crippen LogP contribution in [0.25, 0.3) is 11.0 Å². The minimum absolute atomic E-state index is 0.120. The fourth-order valence-electron chi connectivity index (χ4n) is 10.4. The summed E-state index contributed by atoms with van der Waals surface area (Å²) in [5.74, 6) is 4.07. The van der Waals surface area contributed by atoms with Crippen molar-refractivity contribution in [2.75, 3.05) is 19.0 Å². The Labute approximate surface area is 245 Å². The van der Waals surface area contributed by atoms with Gasteiger partial charge in [0, 0.05) is 28.8 Å². The van der Waals surface area contributed by atoms with Gasteiger partial charge in [0.25, 0.3) is 5.69 Å². The van der Waals surface area contributed by atoms with E-state index in [1.807, 2.05) is 12.1 Å². The number of hydrogen-bond acceptors (Lipinski definition) is 6. The highest BCUT2D eigenvalue weighted by atomic mass is 16.6. The summed E-state index contributed by atoms with van der Waals surface area (Å²) in [7, 11) is 3.58. The topological polar surface area (TPSA) is 82.5 Å². The van der Waals surface area contributed by atoms with Crippen LogP contribution < -0.4 is 4.90 Å². The number of anilines is 1. The Balaban J connectivity index is 1.07. The normalized spacial score (nSPS) is 36.2. The van der Waals surface area contributed by atoms with Crippen molar-refractivity contribution in [3.8, 4) is 0 Å². The first-order chi connectivity index (χ1) is 19.5. The Morgan fingerprint density at radius 3 is 2.63 bits per heavy atom. The largest absolute Gasteiger partial charge is 0.393 e. The Kier molecular flexibility index (Phi) is 7.57. The monoisotopic (exact) mass is 563 g/mol. The van der Waals surface area contributed by atoms with Gasteiger partial charge in [-0.3, -0.25) is 0 Å². The highest BCUT2D eigenvalue weighted by Gasteiger charge is 2.59. The summed E-state index contributed by atoms with van der Waals surface area (Å²) in [6, 6.07) is 4.12. The molecule has 1 N–H and O–H groups in total. The Morgan fingerprint density at radius 2 is 1.85 bits per heavy atom. The molecule has 0 radical (unpaired) electrons. The molecule has 7 heteroatoms. The van der Waals surface area contributed by atoms with Crippen LogP contribution in [0.4, 0.5) is 11.4 Å². The van der Waals surface area contributed by atoms with E-state index in [-0.39, 0.29) is 6.10 Å². The molecule has 4 aliphatic rings.